The summed E-state index contributed by atoms with van der Waals surface area (Å²) in [6.45, 7) is 1.89. The van der Waals surface area contributed by atoms with Crippen molar-refractivity contribution in [1.82, 2.24) is 24.7 Å². The molecule has 5 rings (SSSR count). The fraction of sp³-hybridized carbons (Fsp3) is 0.120. The third kappa shape index (κ3) is 4.50. The van der Waals surface area contributed by atoms with Gasteiger partial charge in [-0.25, -0.2) is 9.78 Å². The van der Waals surface area contributed by atoms with Crippen LogP contribution >= 0.6 is 0 Å². The normalized spacial score (nSPS) is 11.6. The first-order valence-corrected chi connectivity index (χ1v) is 10.9. The number of urea groups is 1. The Morgan fingerprint density at radius 2 is 1.83 bits per heavy atom. The molecule has 3 N–H and O–H groups in total. The van der Waals surface area contributed by atoms with Crippen LogP contribution in [0.5, 0.6) is 0 Å². The van der Waals surface area contributed by atoms with Gasteiger partial charge in [0.1, 0.15) is 11.5 Å². The number of hydrogen-bond acceptors (Lipinski definition) is 4. The van der Waals surface area contributed by atoms with Gasteiger partial charge in [0.15, 0.2) is 0 Å². The molecule has 5 aromatic rings. The van der Waals surface area contributed by atoms with Gasteiger partial charge in [0, 0.05) is 60.1 Å². The zero-order valence-corrected chi connectivity index (χ0v) is 19.2. The number of anilines is 2. The van der Waals surface area contributed by atoms with E-state index in [-0.39, 0.29) is 22.6 Å². The second kappa shape index (κ2) is 8.84. The van der Waals surface area contributed by atoms with Crippen LogP contribution in [0.1, 0.15) is 11.3 Å². The predicted molar refractivity (Wildman–Crippen MR) is 130 cm³/mol. The summed E-state index contributed by atoms with van der Waals surface area (Å²) in [5, 5.41) is 13.3. The number of hydrogen-bond donors (Lipinski definition) is 3. The lowest BCUT2D eigenvalue weighted by Crippen LogP contribution is -2.20. The highest BCUT2D eigenvalue weighted by Gasteiger charge is 2.34. The van der Waals surface area contributed by atoms with Crippen molar-refractivity contribution in [3.05, 3.63) is 78.5 Å². The Hall–Kier alpha value is -4.67. The molecule has 0 aliphatic heterocycles. The van der Waals surface area contributed by atoms with Crippen molar-refractivity contribution in [2.24, 2.45) is 7.05 Å². The lowest BCUT2D eigenvalue weighted by Gasteiger charge is -2.13. The summed E-state index contributed by atoms with van der Waals surface area (Å²) in [5.41, 5.74) is 2.75. The molecule has 8 nitrogen and oxygen atoms in total. The molecule has 36 heavy (non-hydrogen) atoms. The molecule has 0 aliphatic rings. The molecule has 0 atom stereocenters. The first-order chi connectivity index (χ1) is 17.2. The summed E-state index contributed by atoms with van der Waals surface area (Å²) < 4.78 is 42.2. The average molecular weight is 491 g/mol. The van der Waals surface area contributed by atoms with Crippen LogP contribution in [0, 0.1) is 6.92 Å². The summed E-state index contributed by atoms with van der Waals surface area (Å²) in [5.74, 6) is 0.245. The Labute approximate surface area is 203 Å². The van der Waals surface area contributed by atoms with Crippen LogP contribution < -0.4 is 10.6 Å². The fourth-order valence-corrected chi connectivity index (χ4v) is 4.03. The highest BCUT2D eigenvalue weighted by molar-refractivity contribution is 6.03. The van der Waals surface area contributed by atoms with E-state index in [1.54, 1.807) is 30.1 Å². The van der Waals surface area contributed by atoms with E-state index in [0.717, 1.165) is 22.7 Å². The van der Waals surface area contributed by atoms with E-state index in [1.807, 2.05) is 19.1 Å². The number of aryl methyl sites for hydroxylation is 2. The van der Waals surface area contributed by atoms with E-state index in [4.69, 9.17) is 0 Å². The smallest absolute Gasteiger partial charge is 0.355 e. The number of benzene rings is 1. The number of alkyl halides is 3. The number of nitrogens with one attached hydrogen (secondary N) is 3. The van der Waals surface area contributed by atoms with Gasteiger partial charge in [-0.05, 0) is 30.7 Å². The molecule has 1 aromatic carbocycles. The molecule has 0 aliphatic carbocycles. The molecule has 0 radical (unpaired) electrons. The second-order valence-electron chi connectivity index (χ2n) is 8.25. The van der Waals surface area contributed by atoms with Crippen molar-refractivity contribution in [3.8, 4) is 22.4 Å². The molecule has 0 spiro atoms. The molecule has 182 valence electrons. The molecule has 4 heterocycles. The molecule has 0 saturated carbocycles. The molecule has 0 bridgehead atoms. The number of fused-ring (bicyclic) bond motifs is 1. The number of halogens is 3. The molecule has 0 unspecified atom stereocenters. The summed E-state index contributed by atoms with van der Waals surface area (Å²) in [7, 11) is 1.67. The van der Waals surface area contributed by atoms with Gasteiger partial charge < -0.3 is 9.88 Å². The number of carbonyl (C=O) groups excluding carboxylic acids is 1. The number of nitrogens with zero attached hydrogens (tertiary/aromatic N) is 4. The summed E-state index contributed by atoms with van der Waals surface area (Å²) >= 11 is 0. The zero-order valence-electron chi connectivity index (χ0n) is 19.2. The molecular formula is C25H20F3N7O. The van der Waals surface area contributed by atoms with Crippen LogP contribution in [0.25, 0.3) is 33.3 Å². The Kier molecular flexibility index (Phi) is 5.67. The number of H-pyrrole nitrogens is 1. The van der Waals surface area contributed by atoms with Gasteiger partial charge in [-0.15, -0.1) is 0 Å². The van der Waals surface area contributed by atoms with Crippen LogP contribution in [0.2, 0.25) is 0 Å². The van der Waals surface area contributed by atoms with Crippen molar-refractivity contribution >= 4 is 28.4 Å². The summed E-state index contributed by atoms with van der Waals surface area (Å²) in [4.78, 5) is 21.2. The Bertz CT molecular complexity index is 1590. The first kappa shape index (κ1) is 23.1. The van der Waals surface area contributed by atoms with Crippen molar-refractivity contribution in [2.45, 2.75) is 13.1 Å². The Morgan fingerprint density at radius 1 is 1.03 bits per heavy atom. The van der Waals surface area contributed by atoms with E-state index in [0.29, 0.717) is 11.2 Å². The minimum absolute atomic E-state index is 0.0308. The van der Waals surface area contributed by atoms with E-state index in [2.05, 4.69) is 30.8 Å². The first-order valence-electron chi connectivity index (χ1n) is 10.9. The van der Waals surface area contributed by atoms with Gasteiger partial charge >= 0.3 is 12.2 Å². The molecule has 0 saturated heterocycles. The topological polar surface area (TPSA) is 101 Å². The van der Waals surface area contributed by atoms with Gasteiger partial charge in [0.05, 0.1) is 16.8 Å². The Morgan fingerprint density at radius 3 is 2.61 bits per heavy atom. The molecule has 2 amide bonds. The molecule has 4 aromatic heterocycles. The van der Waals surface area contributed by atoms with Crippen LogP contribution in [-0.2, 0) is 13.2 Å². The number of pyridine rings is 2. The summed E-state index contributed by atoms with van der Waals surface area (Å²) in [6.07, 6.45) is 1.81. The highest BCUT2D eigenvalue weighted by Crippen LogP contribution is 2.40. The SMILES string of the molecule is Cc1cc(-c2n[nH]c3cc(NC(=O)Nc4cn(C)cc4-c4ccccc4C(F)(F)F)ncc23)ccn1. The van der Waals surface area contributed by atoms with Crippen LogP contribution in [0.15, 0.2) is 67.3 Å². The average Bonchev–Trinajstić information content (AvgIpc) is 3.41. The quantitative estimate of drug-likeness (QED) is 0.287. The number of carbonyl (C=O) groups is 1. The largest absolute Gasteiger partial charge is 0.417 e. The van der Waals surface area contributed by atoms with E-state index >= 15 is 0 Å². The standard InChI is InChI=1S/C25H20F3N7O/c1-14-9-15(7-8-29-14)23-17-11-30-22(10-20(17)33-34-23)32-24(36)31-21-13-35(2)12-18(21)16-5-3-4-6-19(16)25(26,27)28/h3-13H,1-2H3,(H,33,34)(H2,30,31,32,36). The number of amides is 2. The predicted octanol–water partition coefficient (Wildman–Crippen LogP) is 6.00. The van der Waals surface area contributed by atoms with E-state index < -0.39 is 17.8 Å². The van der Waals surface area contributed by atoms with Crippen molar-refractivity contribution < 1.29 is 18.0 Å². The molecule has 0 fully saturated rings. The van der Waals surface area contributed by atoms with Crippen molar-refractivity contribution in [3.63, 3.8) is 0 Å². The maximum Gasteiger partial charge on any atom is 0.417 e. The maximum atomic E-state index is 13.6. The van der Waals surface area contributed by atoms with Crippen molar-refractivity contribution in [1.29, 1.82) is 0 Å². The Balaban J connectivity index is 1.39. The highest BCUT2D eigenvalue weighted by atomic mass is 19.4. The third-order valence-corrected chi connectivity index (χ3v) is 5.59. The monoisotopic (exact) mass is 491 g/mol. The van der Waals surface area contributed by atoms with Gasteiger partial charge in [0.2, 0.25) is 0 Å². The summed E-state index contributed by atoms with van der Waals surface area (Å²) in [6, 6.07) is 9.96. The second-order valence-corrected chi connectivity index (χ2v) is 8.25. The zero-order chi connectivity index (χ0) is 25.4. The van der Waals surface area contributed by atoms with Crippen LogP contribution in [0.3, 0.4) is 0 Å². The maximum absolute atomic E-state index is 13.6. The van der Waals surface area contributed by atoms with Gasteiger partial charge in [-0.2, -0.15) is 18.3 Å². The minimum atomic E-state index is -4.54. The van der Waals surface area contributed by atoms with Crippen molar-refractivity contribution in [2.75, 3.05) is 10.6 Å². The van der Waals surface area contributed by atoms with Crippen LogP contribution in [-0.4, -0.2) is 30.8 Å². The number of aromatic amines is 1. The fourth-order valence-electron chi connectivity index (χ4n) is 4.03. The third-order valence-electron chi connectivity index (χ3n) is 5.59. The lowest BCUT2D eigenvalue weighted by molar-refractivity contribution is -0.137. The van der Waals surface area contributed by atoms with E-state index in [9.17, 15) is 18.0 Å². The number of rotatable bonds is 4. The number of aromatic nitrogens is 5. The van der Waals surface area contributed by atoms with Gasteiger partial charge in [-0.3, -0.25) is 15.4 Å². The van der Waals surface area contributed by atoms with Gasteiger partial charge in [0.25, 0.3) is 0 Å². The van der Waals surface area contributed by atoms with E-state index in [1.165, 1.54) is 30.6 Å². The lowest BCUT2D eigenvalue weighted by atomic mass is 10.0. The molecular weight excluding hydrogens is 471 g/mol. The van der Waals surface area contributed by atoms with Gasteiger partial charge in [-0.1, -0.05) is 18.2 Å². The van der Waals surface area contributed by atoms with Crippen LogP contribution in [0.4, 0.5) is 29.5 Å². The molecule has 11 heteroatoms. The minimum Gasteiger partial charge on any atom is -0.355 e.